The molecule has 1 heterocycles. The van der Waals surface area contributed by atoms with Crippen molar-refractivity contribution in [1.29, 1.82) is 0 Å². The second-order valence-electron chi connectivity index (χ2n) is 8.48. The molecule has 0 saturated heterocycles. The number of carbonyl (C=O) groups is 1. The molecule has 168 valence electrons. The van der Waals surface area contributed by atoms with E-state index in [1.807, 2.05) is 42.5 Å². The highest BCUT2D eigenvalue weighted by molar-refractivity contribution is 6.06. The number of anilines is 2. The van der Waals surface area contributed by atoms with Crippen LogP contribution in [0, 0.1) is 0 Å². The predicted octanol–water partition coefficient (Wildman–Crippen LogP) is 6.48. The lowest BCUT2D eigenvalue weighted by atomic mass is 9.77. The van der Waals surface area contributed by atoms with Crippen LogP contribution in [-0.4, -0.2) is 22.0 Å². The first-order chi connectivity index (χ1) is 15.9. The average molecular weight is 447 g/mol. The van der Waals surface area contributed by atoms with Gasteiger partial charge in [0.2, 0.25) is 5.92 Å². The van der Waals surface area contributed by atoms with Gasteiger partial charge in [0, 0.05) is 35.6 Å². The summed E-state index contributed by atoms with van der Waals surface area (Å²) < 4.78 is 26.2. The molecule has 1 aliphatic carbocycles. The molecule has 5 nitrogen and oxygen atoms in total. The first kappa shape index (κ1) is 21.2. The van der Waals surface area contributed by atoms with Crippen molar-refractivity contribution in [2.75, 3.05) is 10.6 Å². The van der Waals surface area contributed by atoms with Gasteiger partial charge in [0.1, 0.15) is 0 Å². The number of halogens is 2. The molecule has 33 heavy (non-hydrogen) atoms. The van der Waals surface area contributed by atoms with Crippen LogP contribution in [-0.2, 0) is 6.61 Å². The summed E-state index contributed by atoms with van der Waals surface area (Å²) in [6.45, 7) is -0.0265. The van der Waals surface area contributed by atoms with E-state index < -0.39 is 12.0 Å². The third-order valence-corrected chi connectivity index (χ3v) is 6.10. The number of H-pyrrole nitrogens is 1. The number of alkyl halides is 2. The zero-order valence-electron chi connectivity index (χ0n) is 17.7. The molecule has 0 unspecified atom stereocenters. The Hall–Kier alpha value is -3.71. The van der Waals surface area contributed by atoms with Gasteiger partial charge in [0.15, 0.2) is 0 Å². The van der Waals surface area contributed by atoms with Gasteiger partial charge in [-0.05, 0) is 58.5 Å². The molecule has 2 amide bonds. The maximum absolute atomic E-state index is 13.1. The Kier molecular flexibility index (Phi) is 5.34. The Morgan fingerprint density at radius 3 is 2.48 bits per heavy atom. The molecule has 0 spiro atoms. The van der Waals surface area contributed by atoms with Gasteiger partial charge in [-0.1, -0.05) is 36.4 Å². The second-order valence-corrected chi connectivity index (χ2v) is 8.48. The van der Waals surface area contributed by atoms with E-state index in [0.717, 1.165) is 33.2 Å². The standard InChI is InChI=1S/C26H23F2N3O2/c27-26(28)12-20(13-26)17-4-7-21(8-5-17)30-25(33)31-24-14-29-23-9-6-19(11-22(23)24)18-3-1-2-16(10-18)15-32/h1-11,14,20,29,32H,12-13,15H2,(H2,30,31,33). The minimum atomic E-state index is -2.55. The fourth-order valence-corrected chi connectivity index (χ4v) is 4.27. The van der Waals surface area contributed by atoms with Crippen molar-refractivity contribution < 1.29 is 18.7 Å². The molecular weight excluding hydrogens is 424 g/mol. The van der Waals surface area contributed by atoms with Crippen LogP contribution in [0.2, 0.25) is 0 Å². The van der Waals surface area contributed by atoms with E-state index in [4.69, 9.17) is 0 Å². The van der Waals surface area contributed by atoms with Gasteiger partial charge in [-0.2, -0.15) is 0 Å². The number of rotatable bonds is 5. The second kappa shape index (κ2) is 8.33. The number of hydrogen-bond acceptors (Lipinski definition) is 2. The number of carbonyl (C=O) groups excluding carboxylic acids is 1. The Bertz CT molecular complexity index is 1310. The fraction of sp³-hybridized carbons (Fsp3) is 0.192. The van der Waals surface area contributed by atoms with E-state index in [1.54, 1.807) is 30.5 Å². The minimum Gasteiger partial charge on any atom is -0.392 e. The zero-order valence-corrected chi connectivity index (χ0v) is 17.7. The number of nitrogens with one attached hydrogen (secondary N) is 3. The number of benzene rings is 3. The van der Waals surface area contributed by atoms with E-state index in [-0.39, 0.29) is 25.4 Å². The third kappa shape index (κ3) is 4.45. The summed E-state index contributed by atoms with van der Waals surface area (Å²) in [7, 11) is 0. The molecule has 0 aliphatic heterocycles. The number of aliphatic hydroxyl groups excluding tert-OH is 1. The van der Waals surface area contributed by atoms with Crippen LogP contribution in [0.1, 0.15) is 29.9 Å². The van der Waals surface area contributed by atoms with Crippen molar-refractivity contribution in [3.63, 3.8) is 0 Å². The van der Waals surface area contributed by atoms with Crippen LogP contribution in [0.5, 0.6) is 0 Å². The molecule has 5 rings (SSSR count). The lowest BCUT2D eigenvalue weighted by Gasteiger charge is -2.35. The molecule has 1 fully saturated rings. The van der Waals surface area contributed by atoms with Gasteiger partial charge < -0.3 is 20.7 Å². The summed E-state index contributed by atoms with van der Waals surface area (Å²) in [5.41, 5.74) is 5.74. The van der Waals surface area contributed by atoms with E-state index in [0.29, 0.717) is 11.4 Å². The molecule has 3 aromatic carbocycles. The van der Waals surface area contributed by atoms with Crippen molar-refractivity contribution in [2.24, 2.45) is 0 Å². The predicted molar refractivity (Wildman–Crippen MR) is 126 cm³/mol. The quantitative estimate of drug-likeness (QED) is 0.282. The van der Waals surface area contributed by atoms with Gasteiger partial charge in [-0.3, -0.25) is 0 Å². The van der Waals surface area contributed by atoms with Crippen molar-refractivity contribution in [1.82, 2.24) is 4.98 Å². The van der Waals surface area contributed by atoms with Crippen LogP contribution < -0.4 is 10.6 Å². The lowest BCUT2D eigenvalue weighted by molar-refractivity contribution is -0.0867. The number of aliphatic hydroxyl groups is 1. The maximum atomic E-state index is 13.1. The molecular formula is C26H23F2N3O2. The first-order valence-electron chi connectivity index (χ1n) is 10.8. The highest BCUT2D eigenvalue weighted by atomic mass is 19.3. The Labute approximate surface area is 189 Å². The monoisotopic (exact) mass is 447 g/mol. The molecule has 0 bridgehead atoms. The summed E-state index contributed by atoms with van der Waals surface area (Å²) >= 11 is 0. The van der Waals surface area contributed by atoms with E-state index in [9.17, 15) is 18.7 Å². The summed E-state index contributed by atoms with van der Waals surface area (Å²) in [6, 6.07) is 20.2. The third-order valence-electron chi connectivity index (χ3n) is 6.10. The number of hydrogen-bond donors (Lipinski definition) is 4. The number of aromatic nitrogens is 1. The normalized spacial score (nSPS) is 15.2. The Morgan fingerprint density at radius 1 is 1.00 bits per heavy atom. The molecule has 4 N–H and O–H groups in total. The minimum absolute atomic E-state index is 0.0265. The number of fused-ring (bicyclic) bond motifs is 1. The summed E-state index contributed by atoms with van der Waals surface area (Å²) in [5, 5.41) is 15.9. The van der Waals surface area contributed by atoms with E-state index >= 15 is 0 Å². The number of aromatic amines is 1. The van der Waals surface area contributed by atoms with Gasteiger partial charge >= 0.3 is 6.03 Å². The van der Waals surface area contributed by atoms with Crippen molar-refractivity contribution in [2.45, 2.75) is 31.3 Å². The molecule has 4 aromatic rings. The van der Waals surface area contributed by atoms with Crippen molar-refractivity contribution in [3.8, 4) is 11.1 Å². The number of amides is 2. The molecule has 7 heteroatoms. The van der Waals surface area contributed by atoms with Gasteiger partial charge in [-0.25, -0.2) is 13.6 Å². The SMILES string of the molecule is O=C(Nc1ccc(C2CC(F)(F)C2)cc1)Nc1c[nH]c2ccc(-c3cccc(CO)c3)cc12. The van der Waals surface area contributed by atoms with Crippen LogP contribution in [0.3, 0.4) is 0 Å². The zero-order chi connectivity index (χ0) is 23.0. The van der Waals surface area contributed by atoms with Gasteiger partial charge in [-0.15, -0.1) is 0 Å². The molecule has 0 atom stereocenters. The molecule has 1 aromatic heterocycles. The summed E-state index contributed by atoms with van der Waals surface area (Å²) in [5.74, 6) is -2.68. The topological polar surface area (TPSA) is 77.2 Å². The van der Waals surface area contributed by atoms with Gasteiger partial charge in [0.25, 0.3) is 0 Å². The highest BCUT2D eigenvalue weighted by Crippen LogP contribution is 2.48. The van der Waals surface area contributed by atoms with Crippen LogP contribution in [0.15, 0.2) is 72.9 Å². The summed E-state index contributed by atoms with van der Waals surface area (Å²) in [6.07, 6.45) is 1.50. The molecule has 1 saturated carbocycles. The summed E-state index contributed by atoms with van der Waals surface area (Å²) in [4.78, 5) is 15.7. The smallest absolute Gasteiger partial charge is 0.323 e. The Morgan fingerprint density at radius 2 is 1.76 bits per heavy atom. The van der Waals surface area contributed by atoms with Crippen LogP contribution in [0.25, 0.3) is 22.0 Å². The van der Waals surface area contributed by atoms with Crippen LogP contribution in [0.4, 0.5) is 25.0 Å². The Balaban J connectivity index is 1.29. The first-order valence-corrected chi connectivity index (χ1v) is 10.8. The van der Waals surface area contributed by atoms with E-state index in [1.165, 1.54) is 0 Å². The van der Waals surface area contributed by atoms with Crippen molar-refractivity contribution in [3.05, 3.63) is 84.1 Å². The average Bonchev–Trinajstić information content (AvgIpc) is 3.20. The van der Waals surface area contributed by atoms with E-state index in [2.05, 4.69) is 15.6 Å². The molecule has 1 aliphatic rings. The largest absolute Gasteiger partial charge is 0.392 e. The van der Waals surface area contributed by atoms with Crippen molar-refractivity contribution >= 4 is 28.3 Å². The fourth-order valence-electron chi connectivity index (χ4n) is 4.27. The van der Waals surface area contributed by atoms with Gasteiger partial charge in [0.05, 0.1) is 12.3 Å². The maximum Gasteiger partial charge on any atom is 0.323 e. The number of urea groups is 1. The van der Waals surface area contributed by atoms with Crippen LogP contribution >= 0.6 is 0 Å². The lowest BCUT2D eigenvalue weighted by Crippen LogP contribution is -2.33. The highest BCUT2D eigenvalue weighted by Gasteiger charge is 2.45. The molecule has 0 radical (unpaired) electrons.